The highest BCUT2D eigenvalue weighted by molar-refractivity contribution is 5.79. The summed E-state index contributed by atoms with van der Waals surface area (Å²) in [5.74, 6) is 1.41. The monoisotopic (exact) mass is 400 g/mol. The number of halogens is 2. The molecular formula is C20H22F2N6O. The van der Waals surface area contributed by atoms with Crippen LogP contribution < -0.4 is 15.4 Å². The maximum absolute atomic E-state index is 12.6. The fraction of sp³-hybridized carbons (Fsp3) is 0.250. The summed E-state index contributed by atoms with van der Waals surface area (Å²) in [4.78, 5) is 8.72. The second kappa shape index (κ2) is 10.2. The molecule has 0 aliphatic carbocycles. The van der Waals surface area contributed by atoms with E-state index in [1.165, 1.54) is 12.4 Å². The molecule has 0 saturated carbocycles. The zero-order valence-electron chi connectivity index (χ0n) is 15.9. The third kappa shape index (κ3) is 6.00. The van der Waals surface area contributed by atoms with Crippen LogP contribution >= 0.6 is 0 Å². The number of para-hydroxylation sites is 1. The topological polar surface area (TPSA) is 87.2 Å². The Morgan fingerprint density at radius 2 is 2.03 bits per heavy atom. The summed E-state index contributed by atoms with van der Waals surface area (Å²) in [7, 11) is 0. The fourth-order valence-electron chi connectivity index (χ4n) is 2.71. The van der Waals surface area contributed by atoms with Crippen molar-refractivity contribution in [1.82, 2.24) is 25.8 Å². The average Bonchev–Trinajstić information content (AvgIpc) is 3.26. The highest BCUT2D eigenvalue weighted by Crippen LogP contribution is 2.20. The van der Waals surface area contributed by atoms with Gasteiger partial charge in [0.2, 0.25) is 0 Å². The second-order valence-corrected chi connectivity index (χ2v) is 6.07. The van der Waals surface area contributed by atoms with Crippen LogP contribution in [0.3, 0.4) is 0 Å². The van der Waals surface area contributed by atoms with E-state index in [2.05, 4.69) is 35.5 Å². The van der Waals surface area contributed by atoms with Crippen molar-refractivity contribution in [3.8, 4) is 17.1 Å². The van der Waals surface area contributed by atoms with Gasteiger partial charge in [-0.15, -0.1) is 0 Å². The van der Waals surface area contributed by atoms with Crippen molar-refractivity contribution in [1.29, 1.82) is 0 Å². The van der Waals surface area contributed by atoms with Gasteiger partial charge in [-0.2, -0.15) is 13.9 Å². The standard InChI is InChI=1S/C20H22F2N6O/c1-2-23-20(25-12-16-7-3-4-9-17(16)29-19(21)22)24-11-14-6-5-8-15(10-14)18-26-13-27-28-18/h3-10,13,19H,2,11-12H2,1H3,(H2,23,24,25)(H,26,27,28). The maximum Gasteiger partial charge on any atom is 0.387 e. The predicted octanol–water partition coefficient (Wildman–Crippen LogP) is 3.33. The molecular weight excluding hydrogens is 378 g/mol. The molecule has 0 spiro atoms. The molecule has 29 heavy (non-hydrogen) atoms. The third-order valence-corrected chi connectivity index (χ3v) is 4.01. The minimum Gasteiger partial charge on any atom is -0.434 e. The molecule has 0 fully saturated rings. The van der Waals surface area contributed by atoms with Gasteiger partial charge in [-0.25, -0.2) is 9.98 Å². The number of benzene rings is 2. The van der Waals surface area contributed by atoms with E-state index in [0.717, 1.165) is 11.1 Å². The van der Waals surface area contributed by atoms with Crippen molar-refractivity contribution in [2.75, 3.05) is 6.54 Å². The van der Waals surface area contributed by atoms with Gasteiger partial charge in [0, 0.05) is 24.2 Å². The van der Waals surface area contributed by atoms with Crippen LogP contribution in [0.1, 0.15) is 18.1 Å². The number of nitrogens with zero attached hydrogens (tertiary/aromatic N) is 3. The van der Waals surface area contributed by atoms with Crippen LogP contribution in [0.4, 0.5) is 8.78 Å². The molecule has 0 aliphatic heterocycles. The van der Waals surface area contributed by atoms with Crippen LogP contribution in [0.2, 0.25) is 0 Å². The number of aromatic amines is 1. The molecule has 3 aromatic rings. The lowest BCUT2D eigenvalue weighted by atomic mass is 10.1. The summed E-state index contributed by atoms with van der Waals surface area (Å²) in [6, 6.07) is 14.5. The Morgan fingerprint density at radius 1 is 1.17 bits per heavy atom. The lowest BCUT2D eigenvalue weighted by Gasteiger charge is -2.14. The van der Waals surface area contributed by atoms with Crippen LogP contribution in [0.25, 0.3) is 11.4 Å². The third-order valence-electron chi connectivity index (χ3n) is 4.01. The molecule has 1 heterocycles. The van der Waals surface area contributed by atoms with Crippen LogP contribution in [-0.2, 0) is 13.1 Å². The zero-order chi connectivity index (χ0) is 20.5. The normalized spacial score (nSPS) is 11.5. The van der Waals surface area contributed by atoms with Gasteiger partial charge in [-0.3, -0.25) is 5.10 Å². The Hall–Kier alpha value is -3.49. The van der Waals surface area contributed by atoms with Crippen molar-refractivity contribution in [3.63, 3.8) is 0 Å². The first-order chi connectivity index (χ1) is 14.2. The van der Waals surface area contributed by atoms with E-state index in [0.29, 0.717) is 37.0 Å². The van der Waals surface area contributed by atoms with Crippen molar-refractivity contribution >= 4 is 5.96 Å². The molecule has 0 aliphatic rings. The van der Waals surface area contributed by atoms with E-state index < -0.39 is 6.61 Å². The van der Waals surface area contributed by atoms with Gasteiger partial charge in [0.1, 0.15) is 12.1 Å². The molecule has 9 heteroatoms. The number of hydrogen-bond acceptors (Lipinski definition) is 4. The largest absolute Gasteiger partial charge is 0.434 e. The van der Waals surface area contributed by atoms with Crippen LogP contribution in [0, 0.1) is 0 Å². The number of H-pyrrole nitrogens is 1. The summed E-state index contributed by atoms with van der Waals surface area (Å²) in [6.07, 6.45) is 1.46. The van der Waals surface area contributed by atoms with Crippen molar-refractivity contribution in [2.45, 2.75) is 26.6 Å². The lowest BCUT2D eigenvalue weighted by molar-refractivity contribution is -0.0504. The molecule has 2 aromatic carbocycles. The van der Waals surface area contributed by atoms with Crippen LogP contribution in [-0.4, -0.2) is 34.3 Å². The highest BCUT2D eigenvalue weighted by Gasteiger charge is 2.09. The smallest absolute Gasteiger partial charge is 0.387 e. The molecule has 3 rings (SSSR count). The van der Waals surface area contributed by atoms with E-state index in [4.69, 9.17) is 0 Å². The zero-order valence-corrected chi connectivity index (χ0v) is 15.9. The van der Waals surface area contributed by atoms with Crippen LogP contribution in [0.15, 0.2) is 59.9 Å². The van der Waals surface area contributed by atoms with Crippen molar-refractivity contribution < 1.29 is 13.5 Å². The van der Waals surface area contributed by atoms with Gasteiger partial charge in [0.05, 0.1) is 6.54 Å². The number of guanidine groups is 1. The molecule has 0 bridgehead atoms. The Balaban J connectivity index is 1.67. The number of hydrogen-bond donors (Lipinski definition) is 3. The highest BCUT2D eigenvalue weighted by atomic mass is 19.3. The van der Waals surface area contributed by atoms with E-state index in [-0.39, 0.29) is 5.75 Å². The fourth-order valence-corrected chi connectivity index (χ4v) is 2.71. The first-order valence-electron chi connectivity index (χ1n) is 9.15. The molecule has 1 aromatic heterocycles. The SMILES string of the molecule is CCNC(=NCc1cccc(-c2ncn[nH]2)c1)NCc1ccccc1OC(F)F. The Morgan fingerprint density at radius 3 is 2.79 bits per heavy atom. The molecule has 0 atom stereocenters. The Kier molecular flexibility index (Phi) is 7.10. The van der Waals surface area contributed by atoms with Gasteiger partial charge in [-0.05, 0) is 24.6 Å². The van der Waals surface area contributed by atoms with Crippen LogP contribution in [0.5, 0.6) is 5.75 Å². The van der Waals surface area contributed by atoms with Crippen molar-refractivity contribution in [3.05, 3.63) is 66.0 Å². The summed E-state index contributed by atoms with van der Waals surface area (Å²) < 4.78 is 29.7. The summed E-state index contributed by atoms with van der Waals surface area (Å²) in [5, 5.41) is 13.0. The number of aliphatic imine (C=N–C) groups is 1. The molecule has 7 nitrogen and oxygen atoms in total. The molecule has 0 saturated heterocycles. The lowest BCUT2D eigenvalue weighted by Crippen LogP contribution is -2.36. The van der Waals surface area contributed by atoms with Gasteiger partial charge < -0.3 is 15.4 Å². The molecule has 3 N–H and O–H groups in total. The Bertz CT molecular complexity index is 930. The van der Waals surface area contributed by atoms with E-state index >= 15 is 0 Å². The first kappa shape index (κ1) is 20.2. The van der Waals surface area contributed by atoms with E-state index in [1.807, 2.05) is 31.2 Å². The molecule has 152 valence electrons. The number of aromatic nitrogens is 3. The maximum atomic E-state index is 12.6. The van der Waals surface area contributed by atoms with Gasteiger partial charge in [-0.1, -0.05) is 36.4 Å². The average molecular weight is 400 g/mol. The predicted molar refractivity (Wildman–Crippen MR) is 107 cm³/mol. The summed E-state index contributed by atoms with van der Waals surface area (Å²) in [6.45, 7) is 0.489. The minimum absolute atomic E-state index is 0.144. The molecule has 0 amide bonds. The quantitative estimate of drug-likeness (QED) is 0.399. The van der Waals surface area contributed by atoms with Gasteiger partial charge in [0.25, 0.3) is 0 Å². The van der Waals surface area contributed by atoms with Gasteiger partial charge >= 0.3 is 6.61 Å². The molecule has 0 unspecified atom stereocenters. The first-order valence-corrected chi connectivity index (χ1v) is 9.15. The number of rotatable bonds is 8. The van der Waals surface area contributed by atoms with E-state index in [9.17, 15) is 8.78 Å². The van der Waals surface area contributed by atoms with Crippen molar-refractivity contribution in [2.24, 2.45) is 4.99 Å². The Labute approximate surface area is 167 Å². The number of ether oxygens (including phenoxy) is 1. The summed E-state index contributed by atoms with van der Waals surface area (Å²) >= 11 is 0. The summed E-state index contributed by atoms with van der Waals surface area (Å²) in [5.41, 5.74) is 2.54. The van der Waals surface area contributed by atoms with E-state index in [1.54, 1.807) is 18.2 Å². The number of alkyl halides is 2. The molecule has 0 radical (unpaired) electrons. The van der Waals surface area contributed by atoms with Gasteiger partial charge in [0.15, 0.2) is 11.8 Å². The second-order valence-electron chi connectivity index (χ2n) is 6.07. The number of nitrogens with one attached hydrogen (secondary N) is 3. The minimum atomic E-state index is -2.87.